The van der Waals surface area contributed by atoms with E-state index in [-0.39, 0.29) is 0 Å². The van der Waals surface area contributed by atoms with Gasteiger partial charge in [0.25, 0.3) is 0 Å². The van der Waals surface area contributed by atoms with Gasteiger partial charge in [0.15, 0.2) is 0 Å². The minimum atomic E-state index is 0.464. The molecule has 1 aromatic heterocycles. The van der Waals surface area contributed by atoms with Crippen molar-refractivity contribution < 1.29 is 0 Å². The number of hydrogen-bond acceptors (Lipinski definition) is 2. The van der Waals surface area contributed by atoms with Gasteiger partial charge >= 0.3 is 0 Å². The van der Waals surface area contributed by atoms with Gasteiger partial charge in [0.2, 0.25) is 0 Å². The van der Waals surface area contributed by atoms with Gasteiger partial charge < -0.3 is 5.32 Å². The van der Waals surface area contributed by atoms with Crippen molar-refractivity contribution >= 4 is 27.3 Å². The second-order valence-electron chi connectivity index (χ2n) is 7.18. The minimum absolute atomic E-state index is 0.464. The van der Waals surface area contributed by atoms with E-state index < -0.39 is 0 Å². The fraction of sp³-hybridized carbons (Fsp3) is 0.733. The molecule has 0 aromatic carbocycles. The third-order valence-electron chi connectivity index (χ3n) is 3.80. The van der Waals surface area contributed by atoms with Gasteiger partial charge in [-0.3, -0.25) is 0 Å². The third-order valence-corrected chi connectivity index (χ3v) is 5.72. The highest BCUT2D eigenvalue weighted by Gasteiger charge is 2.38. The molecule has 0 saturated heterocycles. The Balaban J connectivity index is 1.95. The molecule has 102 valence electrons. The molecule has 0 radical (unpaired) electrons. The van der Waals surface area contributed by atoms with E-state index in [0.717, 1.165) is 6.54 Å². The first-order valence-corrected chi connectivity index (χ1v) is 8.40. The van der Waals surface area contributed by atoms with Crippen LogP contribution in [0.4, 0.5) is 0 Å². The van der Waals surface area contributed by atoms with Crippen LogP contribution in [0, 0.1) is 10.8 Å². The lowest BCUT2D eigenvalue weighted by atomic mass is 9.63. The normalized spacial score (nSPS) is 23.2. The van der Waals surface area contributed by atoms with Crippen LogP contribution in [0.5, 0.6) is 0 Å². The predicted octanol–water partition coefficient (Wildman–Crippen LogP) is 5.21. The first kappa shape index (κ1) is 14.5. The van der Waals surface area contributed by atoms with Crippen molar-refractivity contribution in [2.24, 2.45) is 10.8 Å². The molecule has 1 heterocycles. The Hall–Kier alpha value is 0.140. The zero-order valence-electron chi connectivity index (χ0n) is 11.8. The molecule has 0 atom stereocenters. The zero-order valence-corrected chi connectivity index (χ0v) is 14.2. The largest absolute Gasteiger partial charge is 0.309 e. The maximum Gasteiger partial charge on any atom is 0.0327 e. The van der Waals surface area contributed by atoms with Gasteiger partial charge in [-0.25, -0.2) is 0 Å². The van der Waals surface area contributed by atoms with E-state index in [2.05, 4.69) is 60.4 Å². The smallest absolute Gasteiger partial charge is 0.0327 e. The van der Waals surface area contributed by atoms with E-state index in [1.807, 2.05) is 11.3 Å². The molecular weight excluding hydrogens is 306 g/mol. The molecule has 1 aliphatic rings. The van der Waals surface area contributed by atoms with Gasteiger partial charge in [-0.15, -0.1) is 11.3 Å². The highest BCUT2D eigenvalue weighted by Crippen LogP contribution is 2.45. The number of hydrogen-bond donors (Lipinski definition) is 1. The molecule has 0 unspecified atom stereocenters. The van der Waals surface area contributed by atoms with Crippen molar-refractivity contribution in [2.45, 2.75) is 59.5 Å². The van der Waals surface area contributed by atoms with Gasteiger partial charge in [0.05, 0.1) is 0 Å². The Morgan fingerprint density at radius 2 is 1.89 bits per heavy atom. The number of nitrogens with one attached hydrogen (secondary N) is 1. The predicted molar refractivity (Wildman–Crippen MR) is 84.1 cm³/mol. The molecule has 1 saturated carbocycles. The van der Waals surface area contributed by atoms with Gasteiger partial charge in [-0.1, -0.05) is 27.7 Å². The SMILES string of the molecule is CC1(C)CC(NCc2sccc2Br)CC(C)(C)C1. The number of halogens is 1. The Labute approximate surface area is 123 Å². The quantitative estimate of drug-likeness (QED) is 0.803. The van der Waals surface area contributed by atoms with Crippen molar-refractivity contribution in [3.8, 4) is 0 Å². The molecular formula is C15H24BrNS. The van der Waals surface area contributed by atoms with Crippen LogP contribution in [0.2, 0.25) is 0 Å². The lowest BCUT2D eigenvalue weighted by Gasteiger charge is -2.45. The lowest BCUT2D eigenvalue weighted by molar-refractivity contribution is 0.0846. The monoisotopic (exact) mass is 329 g/mol. The molecule has 18 heavy (non-hydrogen) atoms. The maximum absolute atomic E-state index is 3.76. The Morgan fingerprint density at radius 3 is 2.39 bits per heavy atom. The molecule has 2 rings (SSSR count). The molecule has 0 bridgehead atoms. The summed E-state index contributed by atoms with van der Waals surface area (Å²) in [6.07, 6.45) is 3.92. The fourth-order valence-corrected chi connectivity index (χ4v) is 5.12. The average Bonchev–Trinajstić information content (AvgIpc) is 2.56. The van der Waals surface area contributed by atoms with Crippen LogP contribution in [0.25, 0.3) is 0 Å². The molecule has 1 nitrogen and oxygen atoms in total. The molecule has 1 N–H and O–H groups in total. The minimum Gasteiger partial charge on any atom is -0.309 e. The zero-order chi connectivity index (χ0) is 13.4. The van der Waals surface area contributed by atoms with Crippen LogP contribution in [0.3, 0.4) is 0 Å². The van der Waals surface area contributed by atoms with Gasteiger partial charge in [-0.2, -0.15) is 0 Å². The third kappa shape index (κ3) is 3.82. The van der Waals surface area contributed by atoms with Crippen molar-refractivity contribution in [2.75, 3.05) is 0 Å². The first-order valence-electron chi connectivity index (χ1n) is 6.73. The molecule has 1 fully saturated rings. The summed E-state index contributed by atoms with van der Waals surface area (Å²) in [6, 6.07) is 2.79. The average molecular weight is 330 g/mol. The van der Waals surface area contributed by atoms with E-state index in [1.54, 1.807) is 0 Å². The molecule has 3 heteroatoms. The van der Waals surface area contributed by atoms with Crippen molar-refractivity contribution in [3.63, 3.8) is 0 Å². The fourth-order valence-electron chi connectivity index (χ4n) is 3.68. The molecule has 0 amide bonds. The summed E-state index contributed by atoms with van der Waals surface area (Å²) in [7, 11) is 0. The summed E-state index contributed by atoms with van der Waals surface area (Å²) in [5, 5.41) is 5.91. The second-order valence-corrected chi connectivity index (χ2v) is 9.04. The first-order chi connectivity index (χ1) is 8.27. The van der Waals surface area contributed by atoms with E-state index in [0.29, 0.717) is 16.9 Å². The number of thiophene rings is 1. The Morgan fingerprint density at radius 1 is 1.28 bits per heavy atom. The van der Waals surface area contributed by atoms with Gasteiger partial charge in [-0.05, 0) is 57.5 Å². The van der Waals surface area contributed by atoms with Crippen molar-refractivity contribution in [1.29, 1.82) is 0 Å². The summed E-state index contributed by atoms with van der Waals surface area (Å²) in [5.74, 6) is 0. The van der Waals surface area contributed by atoms with E-state index >= 15 is 0 Å². The summed E-state index contributed by atoms with van der Waals surface area (Å²) in [6.45, 7) is 10.6. The molecule has 1 aromatic rings. The van der Waals surface area contributed by atoms with Crippen LogP contribution >= 0.6 is 27.3 Å². The van der Waals surface area contributed by atoms with Gasteiger partial charge in [0.1, 0.15) is 0 Å². The molecule has 0 aliphatic heterocycles. The molecule has 1 aliphatic carbocycles. The van der Waals surface area contributed by atoms with Crippen molar-refractivity contribution in [3.05, 3.63) is 20.8 Å². The molecule has 0 spiro atoms. The van der Waals surface area contributed by atoms with Crippen LogP contribution in [-0.4, -0.2) is 6.04 Å². The standard InChI is InChI=1S/C15H24BrNS/c1-14(2)7-11(8-15(3,4)10-14)17-9-13-12(16)5-6-18-13/h5-6,11,17H,7-10H2,1-4H3. The topological polar surface area (TPSA) is 12.0 Å². The van der Waals surface area contributed by atoms with E-state index in [4.69, 9.17) is 0 Å². The summed E-state index contributed by atoms with van der Waals surface area (Å²) >= 11 is 5.44. The second kappa shape index (κ2) is 5.26. The summed E-state index contributed by atoms with van der Waals surface area (Å²) in [4.78, 5) is 1.41. The van der Waals surface area contributed by atoms with E-state index in [9.17, 15) is 0 Å². The Kier molecular flexibility index (Phi) is 4.25. The summed E-state index contributed by atoms with van der Waals surface area (Å²) in [5.41, 5.74) is 0.929. The highest BCUT2D eigenvalue weighted by molar-refractivity contribution is 9.10. The highest BCUT2D eigenvalue weighted by atomic mass is 79.9. The van der Waals surface area contributed by atoms with Crippen LogP contribution in [0.15, 0.2) is 15.9 Å². The van der Waals surface area contributed by atoms with Crippen LogP contribution in [-0.2, 0) is 6.54 Å². The Bertz CT molecular complexity index is 392. The maximum atomic E-state index is 3.76. The lowest BCUT2D eigenvalue weighted by Crippen LogP contribution is -2.43. The number of rotatable bonds is 3. The van der Waals surface area contributed by atoms with Crippen molar-refractivity contribution in [1.82, 2.24) is 5.32 Å². The van der Waals surface area contributed by atoms with Crippen LogP contribution < -0.4 is 5.32 Å². The summed E-state index contributed by atoms with van der Waals surface area (Å²) < 4.78 is 1.24. The van der Waals surface area contributed by atoms with E-state index in [1.165, 1.54) is 28.6 Å². The van der Waals surface area contributed by atoms with Gasteiger partial charge in [0, 0.05) is 21.9 Å². The van der Waals surface area contributed by atoms with Crippen LogP contribution in [0.1, 0.15) is 51.8 Å².